The summed E-state index contributed by atoms with van der Waals surface area (Å²) in [6.45, 7) is 4.64. The maximum absolute atomic E-state index is 13.0. The first-order chi connectivity index (χ1) is 40.0. The lowest BCUT2D eigenvalue weighted by molar-refractivity contribution is -0.870. The Bertz CT molecular complexity index is 1520. The third-order valence-corrected chi connectivity index (χ3v) is 17.1. The Morgan fingerprint density at radius 1 is 0.427 bits per heavy atom. The van der Waals surface area contributed by atoms with Gasteiger partial charge in [-0.3, -0.25) is 9.36 Å². The van der Waals surface area contributed by atoms with Crippen LogP contribution in [0.25, 0.3) is 0 Å². The molecular weight excluding hydrogens is 1030 g/mol. The molecule has 482 valence electrons. The number of hydrogen-bond donors (Lipinski definition) is 2. The highest BCUT2D eigenvalue weighted by atomic mass is 31.2. The molecule has 2 N–H and O–H groups in total. The van der Waals surface area contributed by atoms with Crippen LogP contribution in [0.2, 0.25) is 0 Å². The lowest BCUT2D eigenvalue weighted by atomic mass is 10.0. The highest BCUT2D eigenvalue weighted by Crippen LogP contribution is 2.38. The van der Waals surface area contributed by atoms with Crippen LogP contribution in [0.1, 0.15) is 348 Å². The molecule has 0 bridgehead atoms. The summed E-state index contributed by atoms with van der Waals surface area (Å²) >= 11 is 0. The Morgan fingerprint density at radius 2 is 0.720 bits per heavy atom. The first-order valence-corrected chi connectivity index (χ1v) is 37.1. The summed E-state index contributed by atoms with van der Waals surface area (Å²) in [6.07, 6.45) is 88.0. The van der Waals surface area contributed by atoms with E-state index in [4.69, 9.17) is 9.05 Å². The third kappa shape index (κ3) is 65.7. The Hall–Kier alpha value is -1.80. The third-order valence-electron chi connectivity index (χ3n) is 16.2. The lowest BCUT2D eigenvalue weighted by Gasteiger charge is -2.29. The number of nitrogens with zero attached hydrogens (tertiary/aromatic N) is 1. The molecule has 0 fully saturated rings. The predicted molar refractivity (Wildman–Crippen MR) is 357 cm³/mol. The predicted octanol–water partition coefficient (Wildman–Crippen LogP) is 22.1. The molecule has 0 saturated carbocycles. The molecule has 0 aromatic heterocycles. The minimum absolute atomic E-state index is 0.00835. The van der Waals surface area contributed by atoms with Crippen molar-refractivity contribution in [2.45, 2.75) is 360 Å². The fourth-order valence-corrected chi connectivity index (χ4v) is 11.4. The van der Waals surface area contributed by atoms with Crippen molar-refractivity contribution < 1.29 is 32.9 Å². The van der Waals surface area contributed by atoms with Crippen molar-refractivity contribution in [3.8, 4) is 0 Å². The van der Waals surface area contributed by atoms with Gasteiger partial charge in [0.2, 0.25) is 5.91 Å². The molecule has 0 aliphatic heterocycles. The molecule has 0 aromatic carbocycles. The minimum atomic E-state index is -4.61. The first kappa shape index (κ1) is 80.2. The van der Waals surface area contributed by atoms with E-state index in [2.05, 4.69) is 67.8 Å². The zero-order valence-electron chi connectivity index (χ0n) is 55.2. The summed E-state index contributed by atoms with van der Waals surface area (Å²) in [5.41, 5.74) is 0. The van der Waals surface area contributed by atoms with Crippen molar-refractivity contribution in [3.05, 3.63) is 60.8 Å². The molecule has 9 heteroatoms. The zero-order valence-corrected chi connectivity index (χ0v) is 56.1. The largest absolute Gasteiger partial charge is 0.756 e. The molecule has 0 aliphatic rings. The minimum Gasteiger partial charge on any atom is -0.756 e. The topological polar surface area (TPSA) is 108 Å². The van der Waals surface area contributed by atoms with E-state index < -0.39 is 26.6 Å². The number of allylic oxidation sites excluding steroid dienone is 9. The van der Waals surface area contributed by atoms with Gasteiger partial charge in [0.05, 0.1) is 39.9 Å². The second kappa shape index (κ2) is 63.7. The molecule has 3 unspecified atom stereocenters. The van der Waals surface area contributed by atoms with Crippen LogP contribution < -0.4 is 10.2 Å². The number of nitrogens with one attached hydrogen (secondary N) is 1. The van der Waals surface area contributed by atoms with E-state index in [-0.39, 0.29) is 12.5 Å². The fraction of sp³-hybridized carbons (Fsp3) is 0.849. The fourth-order valence-electron chi connectivity index (χ4n) is 10.6. The van der Waals surface area contributed by atoms with Gasteiger partial charge in [-0.15, -0.1) is 0 Å². The van der Waals surface area contributed by atoms with Gasteiger partial charge in [-0.05, 0) is 77.0 Å². The maximum atomic E-state index is 13.0. The van der Waals surface area contributed by atoms with Gasteiger partial charge >= 0.3 is 0 Å². The van der Waals surface area contributed by atoms with Crippen LogP contribution in [0.15, 0.2) is 60.8 Å². The van der Waals surface area contributed by atoms with Crippen LogP contribution in [0.4, 0.5) is 0 Å². The molecule has 8 nitrogen and oxygen atoms in total. The molecule has 0 radical (unpaired) electrons. The van der Waals surface area contributed by atoms with Gasteiger partial charge in [0.25, 0.3) is 7.82 Å². The highest BCUT2D eigenvalue weighted by Gasteiger charge is 2.23. The molecule has 0 heterocycles. The van der Waals surface area contributed by atoms with Crippen LogP contribution in [-0.4, -0.2) is 68.5 Å². The number of amides is 1. The molecule has 0 rings (SSSR count). The SMILES string of the molecule is CCCCCCC/C=C\C/C=C\CCCCCCCCCCCCCCCCCCCCCCCCCCCCCCCC(=O)NC(COP(=O)([O-])OCC[N+](C)(C)C)C(O)/C=C/CC/C=C/CC/C=C/CCCCCCCCCCC. The van der Waals surface area contributed by atoms with E-state index >= 15 is 0 Å². The van der Waals surface area contributed by atoms with Crippen LogP contribution >= 0.6 is 7.82 Å². The summed E-state index contributed by atoms with van der Waals surface area (Å²) in [6, 6.07) is -0.910. The number of carbonyl (C=O) groups excluding carboxylic acids is 1. The number of phosphoric ester groups is 1. The Balaban J connectivity index is 3.93. The molecule has 0 aliphatic carbocycles. The van der Waals surface area contributed by atoms with Gasteiger partial charge in [0, 0.05) is 6.42 Å². The normalized spacial score (nSPS) is 14.0. The van der Waals surface area contributed by atoms with Gasteiger partial charge in [-0.1, -0.05) is 325 Å². The second-order valence-electron chi connectivity index (χ2n) is 25.6. The Kier molecular flexibility index (Phi) is 62.3. The van der Waals surface area contributed by atoms with Gasteiger partial charge in [-0.2, -0.15) is 0 Å². The number of aliphatic hydroxyl groups is 1. The van der Waals surface area contributed by atoms with Crippen molar-refractivity contribution in [1.82, 2.24) is 5.32 Å². The van der Waals surface area contributed by atoms with Crippen LogP contribution in [0.5, 0.6) is 0 Å². The smallest absolute Gasteiger partial charge is 0.268 e. The van der Waals surface area contributed by atoms with Crippen molar-refractivity contribution in [2.24, 2.45) is 0 Å². The summed E-state index contributed by atoms with van der Waals surface area (Å²) < 4.78 is 23.4. The van der Waals surface area contributed by atoms with Crippen molar-refractivity contribution in [2.75, 3.05) is 40.9 Å². The highest BCUT2D eigenvalue weighted by molar-refractivity contribution is 7.45. The number of quaternary nitrogens is 1. The average molecular weight is 1170 g/mol. The zero-order chi connectivity index (χ0) is 59.8. The summed E-state index contributed by atoms with van der Waals surface area (Å²) in [5, 5.41) is 13.9. The maximum Gasteiger partial charge on any atom is 0.268 e. The second-order valence-corrected chi connectivity index (χ2v) is 27.0. The molecule has 1 amide bonds. The summed E-state index contributed by atoms with van der Waals surface area (Å²) in [5.74, 6) is -0.206. The van der Waals surface area contributed by atoms with Gasteiger partial charge in [-0.25, -0.2) is 0 Å². The molecule has 0 saturated heterocycles. The van der Waals surface area contributed by atoms with Crippen LogP contribution in [0.3, 0.4) is 0 Å². The lowest BCUT2D eigenvalue weighted by Crippen LogP contribution is -2.45. The molecule has 0 spiro atoms. The van der Waals surface area contributed by atoms with E-state index in [1.54, 1.807) is 6.08 Å². The number of hydrogen-bond acceptors (Lipinski definition) is 6. The number of rotatable bonds is 66. The first-order valence-electron chi connectivity index (χ1n) is 35.7. The molecule has 3 atom stereocenters. The van der Waals surface area contributed by atoms with E-state index in [9.17, 15) is 19.4 Å². The monoisotopic (exact) mass is 1170 g/mol. The molecule has 0 aromatic rings. The van der Waals surface area contributed by atoms with Crippen molar-refractivity contribution in [3.63, 3.8) is 0 Å². The Morgan fingerprint density at radius 3 is 1.06 bits per heavy atom. The van der Waals surface area contributed by atoms with Gasteiger partial charge < -0.3 is 28.8 Å². The number of unbranched alkanes of at least 4 members (excludes halogenated alkanes) is 45. The number of carbonyl (C=O) groups is 1. The molecular formula is C73H139N2O6P. The van der Waals surface area contributed by atoms with E-state index in [0.29, 0.717) is 17.4 Å². The number of aliphatic hydroxyl groups excluding tert-OH is 1. The van der Waals surface area contributed by atoms with Crippen molar-refractivity contribution >= 4 is 13.7 Å². The van der Waals surface area contributed by atoms with Crippen molar-refractivity contribution in [1.29, 1.82) is 0 Å². The average Bonchev–Trinajstić information content (AvgIpc) is 3.47. The van der Waals surface area contributed by atoms with Gasteiger partial charge in [0.15, 0.2) is 0 Å². The number of phosphoric acid groups is 1. The number of likely N-dealkylation sites (N-methyl/N-ethyl adjacent to an activating group) is 1. The standard InChI is InChI=1S/C73H139N2O6P/c1-6-8-10-12-14-16-18-20-22-24-26-27-28-29-30-31-32-33-34-35-36-37-38-39-40-41-42-43-44-45-46-47-49-51-53-55-57-59-61-63-65-67-73(77)74-71(70-81-82(78,79)80-69-68-75(3,4)5)72(76)66-64-62-60-58-56-54-52-50-48-25-23-21-19-17-15-13-11-9-7-2/h18,20,24,26,48,50,56,58,64,66,71-72,76H,6-17,19,21-23,25,27-47,49,51-55,57,59-63,65,67-70H2,1-5H3,(H-,74,77,78,79)/b20-18-,26-24-,50-48+,58-56+,66-64+. The van der Waals surface area contributed by atoms with E-state index in [0.717, 1.165) is 51.4 Å². The quantitative estimate of drug-likeness (QED) is 0.0272. The molecule has 82 heavy (non-hydrogen) atoms. The van der Waals surface area contributed by atoms with Crippen LogP contribution in [-0.2, 0) is 18.4 Å². The van der Waals surface area contributed by atoms with Gasteiger partial charge in [0.1, 0.15) is 13.2 Å². The van der Waals surface area contributed by atoms with E-state index in [1.807, 2.05) is 27.2 Å². The summed E-state index contributed by atoms with van der Waals surface area (Å²) in [7, 11) is 1.25. The Labute approximate surface area is 511 Å². The van der Waals surface area contributed by atoms with E-state index in [1.165, 1.54) is 276 Å². The summed E-state index contributed by atoms with van der Waals surface area (Å²) in [4.78, 5) is 25.6. The van der Waals surface area contributed by atoms with Crippen LogP contribution in [0, 0.1) is 0 Å².